The Labute approximate surface area is 152 Å². The van der Waals surface area contributed by atoms with Gasteiger partial charge in [0, 0.05) is 18.7 Å². The zero-order chi connectivity index (χ0) is 18.3. The highest BCUT2D eigenvalue weighted by Crippen LogP contribution is 2.53. The van der Waals surface area contributed by atoms with Crippen molar-refractivity contribution in [2.24, 2.45) is 5.41 Å². The molecule has 2 heterocycles. The van der Waals surface area contributed by atoms with Crippen LogP contribution in [0.15, 0.2) is 48.5 Å². The number of nitrogens with zero attached hydrogens (tertiary/aromatic N) is 1. The number of ether oxygens (including phenoxy) is 2. The quantitative estimate of drug-likeness (QED) is 0.615. The highest BCUT2D eigenvalue weighted by atomic mass is 16.5. The van der Waals surface area contributed by atoms with Crippen LogP contribution in [0.1, 0.15) is 22.7 Å². The van der Waals surface area contributed by atoms with E-state index in [1.165, 1.54) is 14.2 Å². The number of benzene rings is 2. The third-order valence-electron chi connectivity index (χ3n) is 5.62. The minimum Gasteiger partial charge on any atom is -0.468 e. The number of methoxy groups -OCH3 is 2. The van der Waals surface area contributed by atoms with Gasteiger partial charge in [-0.1, -0.05) is 42.5 Å². The Morgan fingerprint density at radius 2 is 1.58 bits per heavy atom. The highest BCUT2D eigenvalue weighted by molar-refractivity contribution is 6.03. The predicted octanol–water partition coefficient (Wildman–Crippen LogP) is 2.68. The molecule has 0 saturated carbocycles. The topological polar surface area (TPSA) is 55.8 Å². The van der Waals surface area contributed by atoms with Gasteiger partial charge < -0.3 is 14.4 Å². The maximum absolute atomic E-state index is 13.0. The number of hydrogen-bond acceptors (Lipinski definition) is 5. The van der Waals surface area contributed by atoms with Crippen molar-refractivity contribution in [2.45, 2.75) is 18.9 Å². The van der Waals surface area contributed by atoms with Crippen molar-refractivity contribution < 1.29 is 19.1 Å². The molecule has 0 aliphatic carbocycles. The molecular formula is C21H21NO4. The van der Waals surface area contributed by atoms with E-state index in [4.69, 9.17) is 9.47 Å². The molecule has 0 amide bonds. The molecule has 0 aromatic heterocycles. The van der Waals surface area contributed by atoms with Crippen molar-refractivity contribution >= 4 is 17.6 Å². The first-order valence-corrected chi connectivity index (χ1v) is 8.72. The molecule has 0 fully saturated rings. The summed E-state index contributed by atoms with van der Waals surface area (Å²) in [6.07, 6.45) is 1.12. The Kier molecular flexibility index (Phi) is 3.94. The zero-order valence-electron chi connectivity index (χ0n) is 14.9. The molecule has 2 aliphatic rings. The van der Waals surface area contributed by atoms with Crippen LogP contribution in [0.2, 0.25) is 0 Å². The fraction of sp³-hybridized carbons (Fsp3) is 0.333. The lowest BCUT2D eigenvalue weighted by Gasteiger charge is -2.50. The van der Waals surface area contributed by atoms with Crippen molar-refractivity contribution in [3.05, 3.63) is 65.2 Å². The van der Waals surface area contributed by atoms with Crippen LogP contribution in [-0.4, -0.2) is 32.7 Å². The van der Waals surface area contributed by atoms with Crippen molar-refractivity contribution in [3.63, 3.8) is 0 Å². The minimum atomic E-state index is -1.42. The Morgan fingerprint density at radius 3 is 2.27 bits per heavy atom. The maximum Gasteiger partial charge on any atom is 0.326 e. The normalized spacial score (nSPS) is 19.6. The SMILES string of the molecule is COC(=O)C1(C(=O)OC)Cc2ccccc2N2CCc3ccccc3[C@@H]21. The molecule has 0 saturated heterocycles. The van der Waals surface area contributed by atoms with E-state index in [2.05, 4.69) is 17.0 Å². The van der Waals surface area contributed by atoms with E-state index in [0.29, 0.717) is 0 Å². The summed E-state index contributed by atoms with van der Waals surface area (Å²) in [7, 11) is 2.65. The lowest BCUT2D eigenvalue weighted by atomic mass is 9.66. The summed E-state index contributed by atoms with van der Waals surface area (Å²) in [6.45, 7) is 0.731. The fourth-order valence-electron chi connectivity index (χ4n) is 4.51. The van der Waals surface area contributed by atoms with Crippen LogP contribution in [0, 0.1) is 5.41 Å². The smallest absolute Gasteiger partial charge is 0.326 e. The molecule has 5 nitrogen and oxygen atoms in total. The largest absolute Gasteiger partial charge is 0.468 e. The van der Waals surface area contributed by atoms with Crippen LogP contribution >= 0.6 is 0 Å². The number of anilines is 1. The minimum absolute atomic E-state index is 0.262. The van der Waals surface area contributed by atoms with Crippen LogP contribution in [0.4, 0.5) is 5.69 Å². The number of carbonyl (C=O) groups excluding carboxylic acids is 2. The number of esters is 2. The lowest BCUT2D eigenvalue weighted by Crippen LogP contribution is -2.58. The van der Waals surface area contributed by atoms with Crippen molar-refractivity contribution in [3.8, 4) is 0 Å². The first-order chi connectivity index (χ1) is 12.6. The molecule has 0 radical (unpaired) electrons. The van der Waals surface area contributed by atoms with E-state index >= 15 is 0 Å². The number of carbonyl (C=O) groups is 2. The molecule has 4 rings (SSSR count). The molecule has 0 N–H and O–H groups in total. The second-order valence-electron chi connectivity index (χ2n) is 6.80. The number of fused-ring (bicyclic) bond motifs is 5. The standard InChI is InChI=1S/C21H21NO4/c1-25-19(23)21(20(24)26-2)13-15-8-4-6-10-17(15)22-12-11-14-7-3-5-9-16(14)18(21)22/h3-10,18H,11-13H2,1-2H3/t18-/m1/s1. The summed E-state index contributed by atoms with van der Waals surface area (Å²) in [5, 5.41) is 0. The highest BCUT2D eigenvalue weighted by Gasteiger charge is 2.60. The average molecular weight is 351 g/mol. The summed E-state index contributed by atoms with van der Waals surface area (Å²) in [4.78, 5) is 28.2. The van der Waals surface area contributed by atoms with Gasteiger partial charge in [-0.2, -0.15) is 0 Å². The molecule has 2 aromatic rings. The Balaban J connectivity index is 2.01. The molecule has 1 atom stereocenters. The van der Waals surface area contributed by atoms with Gasteiger partial charge in [0.25, 0.3) is 0 Å². The average Bonchev–Trinajstić information content (AvgIpc) is 2.71. The summed E-state index contributed by atoms with van der Waals surface area (Å²) >= 11 is 0. The van der Waals surface area contributed by atoms with Gasteiger partial charge in [0.1, 0.15) is 0 Å². The first-order valence-electron chi connectivity index (χ1n) is 8.72. The van der Waals surface area contributed by atoms with E-state index in [-0.39, 0.29) is 6.42 Å². The third kappa shape index (κ3) is 2.16. The molecular weight excluding hydrogens is 330 g/mol. The van der Waals surface area contributed by atoms with E-state index in [1.807, 2.05) is 36.4 Å². The molecule has 26 heavy (non-hydrogen) atoms. The van der Waals surface area contributed by atoms with Crippen LogP contribution in [0.25, 0.3) is 0 Å². The Bertz CT molecular complexity index is 860. The monoisotopic (exact) mass is 351 g/mol. The number of para-hydroxylation sites is 1. The summed E-state index contributed by atoms with van der Waals surface area (Å²) in [6, 6.07) is 15.5. The molecule has 134 valence electrons. The molecule has 0 unspecified atom stereocenters. The van der Waals surface area contributed by atoms with Crippen molar-refractivity contribution in [1.82, 2.24) is 0 Å². The Hall–Kier alpha value is -2.82. The lowest BCUT2D eigenvalue weighted by molar-refractivity contribution is -0.171. The number of rotatable bonds is 2. The van der Waals surface area contributed by atoms with Gasteiger partial charge in [0.05, 0.1) is 20.3 Å². The zero-order valence-corrected chi connectivity index (χ0v) is 14.9. The van der Waals surface area contributed by atoms with E-state index in [1.54, 1.807) is 0 Å². The third-order valence-corrected chi connectivity index (χ3v) is 5.62. The summed E-state index contributed by atoms with van der Waals surface area (Å²) in [5.41, 5.74) is 2.75. The van der Waals surface area contributed by atoms with E-state index in [0.717, 1.165) is 35.3 Å². The van der Waals surface area contributed by atoms with Gasteiger partial charge in [0.15, 0.2) is 5.41 Å². The molecule has 5 heteroatoms. The van der Waals surface area contributed by atoms with Crippen LogP contribution < -0.4 is 4.90 Å². The van der Waals surface area contributed by atoms with Crippen LogP contribution in [-0.2, 0) is 31.9 Å². The van der Waals surface area contributed by atoms with Crippen LogP contribution in [0.3, 0.4) is 0 Å². The second-order valence-corrected chi connectivity index (χ2v) is 6.80. The molecule has 2 aromatic carbocycles. The van der Waals surface area contributed by atoms with Gasteiger partial charge in [-0.05, 0) is 29.2 Å². The Morgan fingerprint density at radius 1 is 0.962 bits per heavy atom. The van der Waals surface area contributed by atoms with E-state index in [9.17, 15) is 9.59 Å². The summed E-state index contributed by atoms with van der Waals surface area (Å²) < 4.78 is 10.3. The molecule has 0 spiro atoms. The number of hydrogen-bond donors (Lipinski definition) is 0. The van der Waals surface area contributed by atoms with Crippen molar-refractivity contribution in [2.75, 3.05) is 25.7 Å². The second kappa shape index (κ2) is 6.16. The molecule has 0 bridgehead atoms. The van der Waals surface area contributed by atoms with Crippen molar-refractivity contribution in [1.29, 1.82) is 0 Å². The van der Waals surface area contributed by atoms with Gasteiger partial charge in [-0.3, -0.25) is 9.59 Å². The van der Waals surface area contributed by atoms with Gasteiger partial charge in [-0.15, -0.1) is 0 Å². The molecule has 2 aliphatic heterocycles. The van der Waals surface area contributed by atoms with Gasteiger partial charge in [0.2, 0.25) is 0 Å². The van der Waals surface area contributed by atoms with Gasteiger partial charge in [-0.25, -0.2) is 0 Å². The summed E-state index contributed by atoms with van der Waals surface area (Å²) in [5.74, 6) is -1.10. The van der Waals surface area contributed by atoms with Crippen LogP contribution in [0.5, 0.6) is 0 Å². The first kappa shape index (κ1) is 16.6. The van der Waals surface area contributed by atoms with Gasteiger partial charge >= 0.3 is 11.9 Å². The predicted molar refractivity (Wildman–Crippen MR) is 96.8 cm³/mol. The van der Waals surface area contributed by atoms with E-state index < -0.39 is 23.4 Å². The fourth-order valence-corrected chi connectivity index (χ4v) is 4.51. The maximum atomic E-state index is 13.0.